The number of anilines is 1. The van der Waals surface area contributed by atoms with E-state index in [1.54, 1.807) is 48.7 Å². The number of thiazole rings is 1. The highest BCUT2D eigenvalue weighted by molar-refractivity contribution is 7.22. The van der Waals surface area contributed by atoms with Crippen LogP contribution in [0.2, 0.25) is 0 Å². The third kappa shape index (κ3) is 3.64. The van der Waals surface area contributed by atoms with Crippen molar-refractivity contribution in [2.75, 3.05) is 11.5 Å². The van der Waals surface area contributed by atoms with Gasteiger partial charge in [-0.3, -0.25) is 19.5 Å². The SMILES string of the molecule is CCOc1ccc(/C(O)=C2\C(=O)C(=O)N(c3nc4ccccc4s3)C2c2ccccn2)cc1. The molecule has 1 aliphatic rings. The minimum Gasteiger partial charge on any atom is -0.507 e. The number of aliphatic hydroxyl groups excluding tert-OH is 1. The maximum atomic E-state index is 13.2. The molecule has 2 aromatic heterocycles. The normalized spacial score (nSPS) is 17.6. The van der Waals surface area contributed by atoms with E-state index in [1.165, 1.54) is 16.2 Å². The number of benzene rings is 2. The highest BCUT2D eigenvalue weighted by Crippen LogP contribution is 2.43. The number of ketones is 1. The Balaban J connectivity index is 1.67. The second-order valence-corrected chi connectivity index (χ2v) is 8.35. The van der Waals surface area contributed by atoms with E-state index in [0.29, 0.717) is 28.7 Å². The third-order valence-corrected chi connectivity index (χ3v) is 6.38. The van der Waals surface area contributed by atoms with E-state index in [9.17, 15) is 14.7 Å². The van der Waals surface area contributed by atoms with Gasteiger partial charge < -0.3 is 9.84 Å². The Hall–Kier alpha value is -4.04. The number of pyridine rings is 1. The number of ether oxygens (including phenoxy) is 1. The van der Waals surface area contributed by atoms with Crippen LogP contribution in [0.15, 0.2) is 78.5 Å². The number of para-hydroxylation sites is 1. The molecule has 1 N–H and O–H groups in total. The number of amides is 1. The van der Waals surface area contributed by atoms with Gasteiger partial charge in [0.25, 0.3) is 5.78 Å². The number of aliphatic hydroxyl groups is 1. The Morgan fingerprint density at radius 1 is 1.06 bits per heavy atom. The Kier molecular flexibility index (Phi) is 5.35. The molecular weight excluding hydrogens is 438 g/mol. The predicted octanol–water partition coefficient (Wildman–Crippen LogP) is 4.72. The largest absolute Gasteiger partial charge is 0.507 e. The van der Waals surface area contributed by atoms with E-state index < -0.39 is 17.7 Å². The van der Waals surface area contributed by atoms with Gasteiger partial charge in [0.15, 0.2) is 5.13 Å². The highest BCUT2D eigenvalue weighted by atomic mass is 32.1. The lowest BCUT2D eigenvalue weighted by atomic mass is 9.98. The summed E-state index contributed by atoms with van der Waals surface area (Å²) in [5.74, 6) is -1.16. The summed E-state index contributed by atoms with van der Waals surface area (Å²) in [4.78, 5) is 36.7. The van der Waals surface area contributed by atoms with Gasteiger partial charge in [-0.1, -0.05) is 29.5 Å². The molecule has 0 aliphatic carbocycles. The summed E-state index contributed by atoms with van der Waals surface area (Å²) in [6, 6.07) is 18.6. The van der Waals surface area contributed by atoms with Crippen LogP contribution in [0.4, 0.5) is 5.13 Å². The number of hydrogen-bond donors (Lipinski definition) is 1. The van der Waals surface area contributed by atoms with Crippen LogP contribution in [-0.4, -0.2) is 33.4 Å². The van der Waals surface area contributed by atoms with Gasteiger partial charge in [-0.2, -0.15) is 0 Å². The minimum absolute atomic E-state index is 0.0258. The van der Waals surface area contributed by atoms with Gasteiger partial charge in [0.1, 0.15) is 17.6 Å². The van der Waals surface area contributed by atoms with Crippen molar-refractivity contribution in [3.05, 3.63) is 89.8 Å². The lowest BCUT2D eigenvalue weighted by molar-refractivity contribution is -0.132. The average molecular weight is 458 g/mol. The average Bonchev–Trinajstić information content (AvgIpc) is 3.38. The zero-order valence-corrected chi connectivity index (χ0v) is 18.5. The van der Waals surface area contributed by atoms with E-state index in [1.807, 2.05) is 31.2 Å². The van der Waals surface area contributed by atoms with Crippen LogP contribution < -0.4 is 9.64 Å². The summed E-state index contributed by atoms with van der Waals surface area (Å²) in [6.07, 6.45) is 1.59. The topological polar surface area (TPSA) is 92.6 Å². The van der Waals surface area contributed by atoms with Crippen LogP contribution in [0.25, 0.3) is 16.0 Å². The maximum absolute atomic E-state index is 13.2. The molecule has 5 rings (SSSR count). The lowest BCUT2D eigenvalue weighted by Crippen LogP contribution is -2.29. The lowest BCUT2D eigenvalue weighted by Gasteiger charge is -2.21. The molecule has 7 nitrogen and oxygen atoms in total. The molecule has 1 fully saturated rings. The monoisotopic (exact) mass is 457 g/mol. The third-order valence-electron chi connectivity index (χ3n) is 5.34. The predicted molar refractivity (Wildman–Crippen MR) is 126 cm³/mol. The molecule has 0 bridgehead atoms. The molecular formula is C25H19N3O4S. The van der Waals surface area contributed by atoms with E-state index in [2.05, 4.69) is 9.97 Å². The molecule has 0 radical (unpaired) electrons. The zero-order valence-electron chi connectivity index (χ0n) is 17.6. The van der Waals surface area contributed by atoms with Gasteiger partial charge in [-0.25, -0.2) is 4.98 Å². The summed E-state index contributed by atoms with van der Waals surface area (Å²) in [6.45, 7) is 2.39. The van der Waals surface area contributed by atoms with Crippen molar-refractivity contribution in [3.8, 4) is 5.75 Å². The quantitative estimate of drug-likeness (QED) is 0.265. The molecule has 1 saturated heterocycles. The van der Waals surface area contributed by atoms with Crippen LogP contribution in [0.3, 0.4) is 0 Å². The summed E-state index contributed by atoms with van der Waals surface area (Å²) >= 11 is 1.31. The van der Waals surface area contributed by atoms with Crippen molar-refractivity contribution in [2.45, 2.75) is 13.0 Å². The first-order valence-electron chi connectivity index (χ1n) is 10.4. The van der Waals surface area contributed by atoms with E-state index in [4.69, 9.17) is 4.74 Å². The molecule has 0 saturated carbocycles. The number of nitrogens with zero attached hydrogens (tertiary/aromatic N) is 3. The number of carbonyl (C=O) groups is 2. The first kappa shape index (κ1) is 20.8. The molecule has 1 aliphatic heterocycles. The number of fused-ring (bicyclic) bond motifs is 1. The van der Waals surface area contributed by atoms with Gasteiger partial charge in [-0.05, 0) is 55.5 Å². The Morgan fingerprint density at radius 2 is 1.82 bits per heavy atom. The number of hydrogen-bond acceptors (Lipinski definition) is 7. The van der Waals surface area contributed by atoms with E-state index >= 15 is 0 Å². The molecule has 1 atom stereocenters. The molecule has 33 heavy (non-hydrogen) atoms. The highest BCUT2D eigenvalue weighted by Gasteiger charge is 2.48. The zero-order chi connectivity index (χ0) is 22.9. The van der Waals surface area contributed by atoms with Crippen molar-refractivity contribution in [2.24, 2.45) is 0 Å². The molecule has 4 aromatic rings. The standard InChI is InChI=1S/C25H19N3O4S/c1-2-32-16-12-10-15(11-13-16)22(29)20-21(18-8-5-6-14-26-18)28(24(31)23(20)30)25-27-17-7-3-4-9-19(17)33-25/h3-14,21,29H,2H2,1H3/b22-20+. The summed E-state index contributed by atoms with van der Waals surface area (Å²) < 4.78 is 6.34. The van der Waals surface area contributed by atoms with Crippen LogP contribution in [0.1, 0.15) is 24.2 Å². The summed E-state index contributed by atoms with van der Waals surface area (Å²) in [7, 11) is 0. The molecule has 1 amide bonds. The van der Waals surface area contributed by atoms with E-state index in [0.717, 1.165) is 10.2 Å². The van der Waals surface area contributed by atoms with Crippen molar-refractivity contribution >= 4 is 44.1 Å². The van der Waals surface area contributed by atoms with Crippen LogP contribution in [0, 0.1) is 0 Å². The van der Waals surface area contributed by atoms with Crippen LogP contribution >= 0.6 is 11.3 Å². The van der Waals surface area contributed by atoms with E-state index in [-0.39, 0.29) is 11.3 Å². The fourth-order valence-corrected chi connectivity index (χ4v) is 4.83. The van der Waals surface area contributed by atoms with Gasteiger partial charge in [0, 0.05) is 11.8 Å². The second kappa shape index (κ2) is 8.48. The number of rotatable bonds is 5. The van der Waals surface area contributed by atoms with Crippen molar-refractivity contribution in [1.82, 2.24) is 9.97 Å². The first-order valence-corrected chi connectivity index (χ1v) is 11.2. The van der Waals surface area contributed by atoms with Gasteiger partial charge in [-0.15, -0.1) is 0 Å². The van der Waals surface area contributed by atoms with Crippen LogP contribution in [0.5, 0.6) is 5.75 Å². The fourth-order valence-electron chi connectivity index (χ4n) is 3.84. The van der Waals surface area contributed by atoms with Gasteiger partial charge >= 0.3 is 5.91 Å². The fraction of sp³-hybridized carbons (Fsp3) is 0.120. The van der Waals surface area contributed by atoms with Crippen LogP contribution in [-0.2, 0) is 9.59 Å². The molecule has 0 spiro atoms. The number of aromatic nitrogens is 2. The Bertz CT molecular complexity index is 1350. The minimum atomic E-state index is -0.904. The Labute approximate surface area is 193 Å². The summed E-state index contributed by atoms with van der Waals surface area (Å²) in [5, 5.41) is 11.5. The number of carbonyl (C=O) groups excluding carboxylic acids is 2. The number of Topliss-reactive ketones (excluding diaryl/α,β-unsaturated/α-hetero) is 1. The van der Waals surface area contributed by atoms with Crippen molar-refractivity contribution in [3.63, 3.8) is 0 Å². The Morgan fingerprint density at radius 3 is 2.52 bits per heavy atom. The molecule has 8 heteroatoms. The molecule has 2 aromatic carbocycles. The van der Waals surface area contributed by atoms with Crippen molar-refractivity contribution < 1.29 is 19.4 Å². The summed E-state index contributed by atoms with van der Waals surface area (Å²) in [5.41, 5.74) is 1.57. The molecule has 1 unspecified atom stereocenters. The maximum Gasteiger partial charge on any atom is 0.301 e. The first-order chi connectivity index (χ1) is 16.1. The second-order valence-electron chi connectivity index (χ2n) is 7.35. The van der Waals surface area contributed by atoms with Crippen molar-refractivity contribution in [1.29, 1.82) is 0 Å². The van der Waals surface area contributed by atoms with Gasteiger partial charge in [0.05, 0.1) is 28.1 Å². The molecule has 3 heterocycles. The van der Waals surface area contributed by atoms with Gasteiger partial charge in [0.2, 0.25) is 0 Å². The molecule has 164 valence electrons. The smallest absolute Gasteiger partial charge is 0.301 e.